The summed E-state index contributed by atoms with van der Waals surface area (Å²) in [7, 11) is 0. The van der Waals surface area contributed by atoms with Crippen LogP contribution in [0.25, 0.3) is 0 Å². The van der Waals surface area contributed by atoms with Crippen molar-refractivity contribution in [2.75, 3.05) is 6.61 Å². The number of rotatable bonds is 6. The normalized spacial score (nSPS) is 37.8. The van der Waals surface area contributed by atoms with Crippen molar-refractivity contribution < 1.29 is 9.63 Å². The summed E-state index contributed by atoms with van der Waals surface area (Å²) in [5.41, 5.74) is 9.27. The third-order valence-corrected chi connectivity index (χ3v) is 9.75. The zero-order valence-corrected chi connectivity index (χ0v) is 20.4. The highest BCUT2D eigenvalue weighted by Crippen LogP contribution is 2.64. The van der Waals surface area contributed by atoms with Crippen LogP contribution in [0.4, 0.5) is 0 Å². The first-order valence-corrected chi connectivity index (χ1v) is 12.9. The molecule has 0 bridgehead atoms. The Kier molecular flexibility index (Phi) is 5.96. The minimum atomic E-state index is -0.0430. The highest BCUT2D eigenvalue weighted by atomic mass is 16.6. The van der Waals surface area contributed by atoms with E-state index in [9.17, 15) is 4.79 Å². The van der Waals surface area contributed by atoms with Gasteiger partial charge in [0.05, 0.1) is 23.6 Å². The molecule has 4 aliphatic carbocycles. The number of aromatic nitrogens is 3. The molecule has 180 valence electrons. The second kappa shape index (κ2) is 8.64. The lowest BCUT2D eigenvalue weighted by Crippen LogP contribution is -2.50. The second-order valence-electron chi connectivity index (χ2n) is 11.3. The lowest BCUT2D eigenvalue weighted by atomic mass is 9.47. The van der Waals surface area contributed by atoms with Gasteiger partial charge in [-0.15, -0.1) is 5.10 Å². The Morgan fingerprint density at radius 3 is 2.76 bits per heavy atom. The van der Waals surface area contributed by atoms with Gasteiger partial charge in [0, 0.05) is 18.4 Å². The number of hydrogen-bond donors (Lipinski definition) is 1. The second-order valence-corrected chi connectivity index (χ2v) is 11.3. The maximum absolute atomic E-state index is 12.6. The largest absolute Gasteiger partial charge is 0.393 e. The van der Waals surface area contributed by atoms with Gasteiger partial charge in [0.1, 0.15) is 12.4 Å². The number of ketones is 1. The molecule has 2 N–H and O–H groups in total. The Bertz CT molecular complexity index is 968. The van der Waals surface area contributed by atoms with Crippen LogP contribution in [-0.2, 0) is 16.2 Å². The number of oxime groups is 1. The van der Waals surface area contributed by atoms with Crippen LogP contribution in [0.3, 0.4) is 0 Å². The van der Waals surface area contributed by atoms with Crippen LogP contribution >= 0.6 is 0 Å². The van der Waals surface area contributed by atoms with E-state index < -0.39 is 0 Å². The first-order valence-electron chi connectivity index (χ1n) is 12.9. The standard InChI is InChI=1S/C26H39N5O2/c1-4-20(31-15-19(14-27)28-30-31)16-33-29-18-9-11-25(2)17(13-18)5-6-21-22-7-8-24(32)26(22,3)12-10-23(21)25/h13,15,20-23H,4-12,14,16,27H2,1-3H3. The van der Waals surface area contributed by atoms with Gasteiger partial charge in [0.25, 0.3) is 0 Å². The van der Waals surface area contributed by atoms with Gasteiger partial charge < -0.3 is 10.6 Å². The zero-order chi connectivity index (χ0) is 23.2. The molecule has 0 saturated heterocycles. The van der Waals surface area contributed by atoms with Crippen molar-refractivity contribution in [1.29, 1.82) is 0 Å². The van der Waals surface area contributed by atoms with E-state index in [0.717, 1.165) is 56.4 Å². The molecule has 0 radical (unpaired) electrons. The van der Waals surface area contributed by atoms with Gasteiger partial charge in [-0.25, -0.2) is 4.68 Å². The number of allylic oxidation sites excluding steroid dienone is 2. The average Bonchev–Trinajstić information content (AvgIpc) is 3.41. The molecule has 1 aromatic rings. The van der Waals surface area contributed by atoms with E-state index >= 15 is 0 Å². The summed E-state index contributed by atoms with van der Waals surface area (Å²) in [6.07, 6.45) is 13.8. The number of Topliss-reactive ketones (excluding diaryl/α,β-unsaturated/α-hetero) is 1. The maximum Gasteiger partial charge on any atom is 0.139 e. The topological polar surface area (TPSA) is 95.4 Å². The molecule has 5 rings (SSSR count). The molecular weight excluding hydrogens is 414 g/mol. The zero-order valence-electron chi connectivity index (χ0n) is 20.4. The fraction of sp³-hybridized carbons (Fsp3) is 0.769. The molecule has 7 nitrogen and oxygen atoms in total. The minimum Gasteiger partial charge on any atom is -0.393 e. The summed E-state index contributed by atoms with van der Waals surface area (Å²) in [5.74, 6) is 2.54. The van der Waals surface area contributed by atoms with Crippen molar-refractivity contribution >= 4 is 11.5 Å². The van der Waals surface area contributed by atoms with Crippen LogP contribution in [0.15, 0.2) is 23.0 Å². The van der Waals surface area contributed by atoms with E-state index in [1.54, 1.807) is 5.57 Å². The molecule has 0 amide bonds. The van der Waals surface area contributed by atoms with E-state index in [0.29, 0.717) is 36.7 Å². The molecule has 1 aromatic heterocycles. The maximum atomic E-state index is 12.6. The summed E-state index contributed by atoms with van der Waals surface area (Å²) < 4.78 is 1.84. The van der Waals surface area contributed by atoms with Gasteiger partial charge in [0.15, 0.2) is 0 Å². The number of carbonyl (C=O) groups excluding carboxylic acids is 1. The lowest BCUT2D eigenvalue weighted by molar-refractivity contribution is -0.132. The fourth-order valence-corrected chi connectivity index (χ4v) is 7.59. The van der Waals surface area contributed by atoms with Crippen LogP contribution in [0.2, 0.25) is 0 Å². The fourth-order valence-electron chi connectivity index (χ4n) is 7.59. The first kappa shape index (κ1) is 22.8. The van der Waals surface area contributed by atoms with E-state index in [4.69, 9.17) is 10.6 Å². The van der Waals surface area contributed by atoms with Gasteiger partial charge in [0.2, 0.25) is 0 Å². The van der Waals surface area contributed by atoms with E-state index in [-0.39, 0.29) is 16.9 Å². The van der Waals surface area contributed by atoms with Gasteiger partial charge >= 0.3 is 0 Å². The van der Waals surface area contributed by atoms with Crippen LogP contribution in [0.5, 0.6) is 0 Å². The van der Waals surface area contributed by atoms with Crippen molar-refractivity contribution in [3.05, 3.63) is 23.5 Å². The quantitative estimate of drug-likeness (QED) is 0.636. The number of nitrogens with zero attached hydrogens (tertiary/aromatic N) is 4. The molecule has 3 saturated carbocycles. The summed E-state index contributed by atoms with van der Waals surface area (Å²) in [5, 5.41) is 12.8. The lowest BCUT2D eigenvalue weighted by Gasteiger charge is -2.57. The molecule has 1 heterocycles. The van der Waals surface area contributed by atoms with Crippen molar-refractivity contribution in [3.63, 3.8) is 0 Å². The molecule has 6 atom stereocenters. The number of nitrogens with two attached hydrogens (primary N) is 1. The average molecular weight is 454 g/mol. The van der Waals surface area contributed by atoms with Crippen LogP contribution in [0.1, 0.15) is 90.3 Å². The van der Waals surface area contributed by atoms with Gasteiger partial charge in [-0.2, -0.15) is 0 Å². The van der Waals surface area contributed by atoms with E-state index in [1.165, 1.54) is 12.8 Å². The van der Waals surface area contributed by atoms with Crippen LogP contribution < -0.4 is 5.73 Å². The van der Waals surface area contributed by atoms with Gasteiger partial charge in [-0.05, 0) is 80.6 Å². The third-order valence-electron chi connectivity index (χ3n) is 9.75. The van der Waals surface area contributed by atoms with Crippen molar-refractivity contribution in [2.24, 2.45) is 39.5 Å². The molecular formula is C26H39N5O2. The predicted octanol–water partition coefficient (Wildman–Crippen LogP) is 4.59. The van der Waals surface area contributed by atoms with Crippen LogP contribution in [-0.4, -0.2) is 33.1 Å². The van der Waals surface area contributed by atoms with Gasteiger partial charge in [-0.3, -0.25) is 4.79 Å². The number of hydrogen-bond acceptors (Lipinski definition) is 6. The monoisotopic (exact) mass is 453 g/mol. The summed E-state index contributed by atoms with van der Waals surface area (Å²) in [6.45, 7) is 7.74. The predicted molar refractivity (Wildman–Crippen MR) is 127 cm³/mol. The molecule has 3 fully saturated rings. The molecule has 33 heavy (non-hydrogen) atoms. The third kappa shape index (κ3) is 3.76. The van der Waals surface area contributed by atoms with E-state index in [1.807, 2.05) is 10.9 Å². The smallest absolute Gasteiger partial charge is 0.139 e. The molecule has 7 heteroatoms. The first-order chi connectivity index (χ1) is 15.9. The molecule has 0 aliphatic heterocycles. The summed E-state index contributed by atoms with van der Waals surface area (Å²) in [4.78, 5) is 18.4. The van der Waals surface area contributed by atoms with Crippen molar-refractivity contribution in [1.82, 2.24) is 15.0 Å². The Morgan fingerprint density at radius 1 is 1.18 bits per heavy atom. The number of carbonyl (C=O) groups is 1. The number of fused-ring (bicyclic) bond motifs is 5. The van der Waals surface area contributed by atoms with Gasteiger partial charge in [-0.1, -0.05) is 36.7 Å². The molecule has 4 aliphatic rings. The Balaban J connectivity index is 1.26. The molecule has 0 spiro atoms. The SMILES string of the molecule is CCC(CON=C1C=C2CCC3C4CCC(=O)C4(C)CCC3C2(C)CC1)n1cc(CN)nn1. The molecule has 0 aromatic carbocycles. The van der Waals surface area contributed by atoms with Crippen molar-refractivity contribution in [3.8, 4) is 0 Å². The van der Waals surface area contributed by atoms with Crippen LogP contribution in [0, 0.1) is 28.6 Å². The van der Waals surface area contributed by atoms with Crippen molar-refractivity contribution in [2.45, 2.75) is 91.1 Å². The summed E-state index contributed by atoms with van der Waals surface area (Å²) >= 11 is 0. The Morgan fingerprint density at radius 2 is 2.00 bits per heavy atom. The van der Waals surface area contributed by atoms with E-state index in [2.05, 4.69) is 42.3 Å². The Labute approximate surface area is 197 Å². The highest BCUT2D eigenvalue weighted by Gasteiger charge is 2.58. The highest BCUT2D eigenvalue weighted by molar-refractivity contribution is 5.96. The summed E-state index contributed by atoms with van der Waals surface area (Å²) in [6, 6.07) is 0.102. The Hall–Kier alpha value is -2.02. The molecule has 6 unspecified atom stereocenters. The minimum absolute atomic E-state index is 0.0430.